The molecule has 4 nitrogen and oxygen atoms in total. The Kier molecular flexibility index (Phi) is 13.0. The predicted molar refractivity (Wildman–Crippen MR) is 171 cm³/mol. The summed E-state index contributed by atoms with van der Waals surface area (Å²) in [5, 5.41) is 0. The fraction of sp³-hybridized carbons (Fsp3) is 0.457. The number of aryl methyl sites for hydroxylation is 4. The van der Waals surface area contributed by atoms with Gasteiger partial charge in [0.1, 0.15) is 10.3 Å². The van der Waals surface area contributed by atoms with Crippen LogP contribution in [-0.2, 0) is 26.4 Å². The van der Waals surface area contributed by atoms with Crippen molar-refractivity contribution in [1.29, 1.82) is 0 Å². The molecule has 0 heterocycles. The van der Waals surface area contributed by atoms with Gasteiger partial charge in [-0.2, -0.15) is 0 Å². The first-order valence-corrected chi connectivity index (χ1v) is 17.3. The molecule has 0 spiro atoms. The van der Waals surface area contributed by atoms with E-state index in [9.17, 15) is 13.2 Å². The molecule has 3 aromatic carbocycles. The second-order valence-electron chi connectivity index (χ2n) is 11.2. The van der Waals surface area contributed by atoms with Gasteiger partial charge in [-0.3, -0.25) is 13.2 Å². The van der Waals surface area contributed by atoms with Crippen LogP contribution in [0, 0.1) is 39.5 Å². The van der Waals surface area contributed by atoms with E-state index in [4.69, 9.17) is 4.74 Å². The number of para-hydroxylation sites is 1. The number of carbonyl (C=O) groups is 1. The summed E-state index contributed by atoms with van der Waals surface area (Å²) < 4.78 is 33.9. The maximum Gasteiger partial charge on any atom is 0.314 e. The molecule has 1 unspecified atom stereocenters. The Balaban J connectivity index is 2.00. The third-order valence-electron chi connectivity index (χ3n) is 7.79. The zero-order chi connectivity index (χ0) is 29.9. The standard InChI is InChI=1S/C35H46O4S2/c1-7-8-9-10-11-12-16-32(29(6)34(36)39-33-27(4)14-13-15-28(33)5)35(40(37)30-21-17-25(2)18-22-30)41(38)31-23-19-26(3)20-24-31/h13-15,17-24,29,32,35H,7-12,16H2,1-6H3/t29?,32-,40+,41+/m1/s1. The van der Waals surface area contributed by atoms with Crippen molar-refractivity contribution in [3.05, 3.63) is 89.0 Å². The molecule has 3 rings (SSSR count). The van der Waals surface area contributed by atoms with E-state index >= 15 is 0 Å². The monoisotopic (exact) mass is 594 g/mol. The van der Waals surface area contributed by atoms with E-state index in [0.29, 0.717) is 22.0 Å². The van der Waals surface area contributed by atoms with Crippen molar-refractivity contribution in [2.75, 3.05) is 0 Å². The SMILES string of the molecule is CCCCCCCC[C@H](C(C)C(=O)Oc1c(C)cccc1C)C([S@@](=O)c1ccc(C)cc1)[S@@](=O)c1ccc(C)cc1. The zero-order valence-electron chi connectivity index (χ0n) is 25.5. The number of hydrogen-bond donors (Lipinski definition) is 0. The lowest BCUT2D eigenvalue weighted by Gasteiger charge is -2.30. The molecule has 41 heavy (non-hydrogen) atoms. The maximum absolute atomic E-state index is 14.3. The molecule has 0 N–H and O–H groups in total. The van der Waals surface area contributed by atoms with E-state index in [-0.39, 0.29) is 5.97 Å². The van der Waals surface area contributed by atoms with E-state index in [1.807, 2.05) is 101 Å². The summed E-state index contributed by atoms with van der Waals surface area (Å²) in [7, 11) is -3.21. The van der Waals surface area contributed by atoms with Gasteiger partial charge in [0.2, 0.25) is 0 Å². The highest BCUT2D eigenvalue weighted by molar-refractivity contribution is 8.03. The van der Waals surface area contributed by atoms with Crippen LogP contribution in [0.15, 0.2) is 76.5 Å². The van der Waals surface area contributed by atoms with E-state index in [1.165, 1.54) is 19.3 Å². The van der Waals surface area contributed by atoms with Gasteiger partial charge in [-0.1, -0.05) is 106 Å². The quantitative estimate of drug-likeness (QED) is 0.100. The topological polar surface area (TPSA) is 60.4 Å². The number of unbranched alkanes of at least 4 members (excludes halogenated alkanes) is 5. The van der Waals surface area contributed by atoms with Crippen LogP contribution in [0.5, 0.6) is 5.75 Å². The Bertz CT molecular complexity index is 1240. The largest absolute Gasteiger partial charge is 0.426 e. The molecule has 0 fully saturated rings. The number of esters is 1. The van der Waals surface area contributed by atoms with Crippen molar-refractivity contribution >= 4 is 27.6 Å². The molecule has 0 aliphatic heterocycles. The summed E-state index contributed by atoms with van der Waals surface area (Å²) in [6.07, 6.45) is 7.23. The van der Waals surface area contributed by atoms with Crippen LogP contribution in [0.25, 0.3) is 0 Å². The van der Waals surface area contributed by atoms with Crippen LogP contribution in [0.2, 0.25) is 0 Å². The zero-order valence-corrected chi connectivity index (χ0v) is 27.1. The van der Waals surface area contributed by atoms with Gasteiger partial charge in [0.15, 0.2) is 0 Å². The van der Waals surface area contributed by atoms with Gasteiger partial charge in [-0.25, -0.2) is 0 Å². The summed E-state index contributed by atoms with van der Waals surface area (Å²) in [5.41, 5.74) is 3.91. The first-order chi connectivity index (χ1) is 19.6. The molecule has 222 valence electrons. The average molecular weight is 595 g/mol. The van der Waals surface area contributed by atoms with Crippen LogP contribution in [0.4, 0.5) is 0 Å². The molecular formula is C35H46O4S2. The van der Waals surface area contributed by atoms with Gasteiger partial charge in [0, 0.05) is 9.79 Å². The third-order valence-corrected chi connectivity index (χ3v) is 11.9. The van der Waals surface area contributed by atoms with Crippen molar-refractivity contribution in [3.63, 3.8) is 0 Å². The fourth-order valence-electron chi connectivity index (χ4n) is 5.12. The summed E-state index contributed by atoms with van der Waals surface area (Å²) in [6, 6.07) is 20.9. The molecule has 0 aliphatic carbocycles. The minimum absolute atomic E-state index is 0.370. The molecule has 0 bridgehead atoms. The number of benzene rings is 3. The van der Waals surface area contributed by atoms with Crippen LogP contribution in [0.3, 0.4) is 0 Å². The highest BCUT2D eigenvalue weighted by Crippen LogP contribution is 2.35. The van der Waals surface area contributed by atoms with Gasteiger partial charge < -0.3 is 4.74 Å². The Hall–Kier alpha value is -2.57. The second-order valence-corrected chi connectivity index (χ2v) is 14.7. The number of ether oxygens (including phenoxy) is 1. The van der Waals surface area contributed by atoms with Crippen LogP contribution in [-0.4, -0.2) is 19.0 Å². The van der Waals surface area contributed by atoms with Gasteiger partial charge in [0.25, 0.3) is 0 Å². The normalized spacial score (nSPS) is 14.4. The highest BCUT2D eigenvalue weighted by Gasteiger charge is 2.40. The minimum Gasteiger partial charge on any atom is -0.426 e. The van der Waals surface area contributed by atoms with Crippen molar-refractivity contribution in [1.82, 2.24) is 0 Å². The van der Waals surface area contributed by atoms with Gasteiger partial charge in [-0.15, -0.1) is 0 Å². The molecule has 3 aromatic rings. The second kappa shape index (κ2) is 16.2. The molecule has 0 saturated carbocycles. The summed E-state index contributed by atoms with van der Waals surface area (Å²) in [6.45, 7) is 11.9. The van der Waals surface area contributed by atoms with E-state index < -0.39 is 38.0 Å². The average Bonchev–Trinajstić information content (AvgIpc) is 2.96. The highest BCUT2D eigenvalue weighted by atomic mass is 32.2. The Labute approximate surface area is 252 Å². The van der Waals surface area contributed by atoms with Crippen molar-refractivity contribution in [2.24, 2.45) is 11.8 Å². The van der Waals surface area contributed by atoms with Gasteiger partial charge >= 0.3 is 5.97 Å². The minimum atomic E-state index is -1.61. The fourth-order valence-corrected chi connectivity index (χ4v) is 9.15. The lowest BCUT2D eigenvalue weighted by Crippen LogP contribution is -2.39. The Morgan fingerprint density at radius 2 is 1.17 bits per heavy atom. The van der Waals surface area contributed by atoms with Crippen LogP contribution >= 0.6 is 0 Å². The number of carbonyl (C=O) groups excluding carboxylic acids is 1. The number of rotatable bonds is 15. The third kappa shape index (κ3) is 9.21. The van der Waals surface area contributed by atoms with Crippen molar-refractivity contribution in [2.45, 2.75) is 101 Å². The van der Waals surface area contributed by atoms with E-state index in [2.05, 4.69) is 6.92 Å². The van der Waals surface area contributed by atoms with E-state index in [1.54, 1.807) is 0 Å². The lowest BCUT2D eigenvalue weighted by molar-refractivity contribution is -0.140. The predicted octanol–water partition coefficient (Wildman–Crippen LogP) is 8.77. The van der Waals surface area contributed by atoms with E-state index in [0.717, 1.165) is 41.5 Å². The molecule has 0 amide bonds. The summed E-state index contributed by atoms with van der Waals surface area (Å²) in [5.74, 6) is -0.801. The van der Waals surface area contributed by atoms with Crippen molar-refractivity contribution in [3.8, 4) is 5.75 Å². The summed E-state index contributed by atoms with van der Waals surface area (Å²) >= 11 is 0. The van der Waals surface area contributed by atoms with Crippen molar-refractivity contribution < 1.29 is 17.9 Å². The molecule has 6 heteroatoms. The maximum atomic E-state index is 14.3. The van der Waals surface area contributed by atoms with Crippen LogP contribution < -0.4 is 4.74 Å². The first kappa shape index (κ1) is 32.9. The Morgan fingerprint density at radius 3 is 1.66 bits per heavy atom. The number of hydrogen-bond acceptors (Lipinski definition) is 4. The molecule has 0 radical (unpaired) electrons. The Morgan fingerprint density at radius 1 is 0.707 bits per heavy atom. The van der Waals surface area contributed by atoms with Gasteiger partial charge in [-0.05, 0) is 75.4 Å². The molecule has 0 aromatic heterocycles. The first-order valence-electron chi connectivity index (χ1n) is 14.9. The summed E-state index contributed by atoms with van der Waals surface area (Å²) in [4.78, 5) is 15.0. The lowest BCUT2D eigenvalue weighted by atomic mass is 9.90. The molecule has 0 aliphatic rings. The van der Waals surface area contributed by atoms with Gasteiger partial charge in [0.05, 0.1) is 27.5 Å². The van der Waals surface area contributed by atoms with Crippen LogP contribution in [0.1, 0.15) is 81.0 Å². The molecular weight excluding hydrogens is 549 g/mol. The molecule has 0 saturated heterocycles. The smallest absolute Gasteiger partial charge is 0.314 e. The molecule has 4 atom stereocenters.